The largest absolute Gasteiger partial charge is 0.394 e. The zero-order chi connectivity index (χ0) is 13.0. The number of carbonyl (C=O) groups excluding carboxylic acids is 1. The normalized spacial score (nSPS) is 12.6. The SMILES string of the molecule is CC[C@H](CO)NC(=O)Cc1cn2ccccc2n1. The van der Waals surface area contributed by atoms with E-state index in [0.717, 1.165) is 11.3 Å². The molecule has 0 aromatic carbocycles. The first-order chi connectivity index (χ1) is 8.72. The number of aliphatic hydroxyl groups is 1. The zero-order valence-corrected chi connectivity index (χ0v) is 10.3. The fourth-order valence-corrected chi connectivity index (χ4v) is 1.79. The molecule has 0 bridgehead atoms. The number of pyridine rings is 1. The molecule has 18 heavy (non-hydrogen) atoms. The fraction of sp³-hybridized carbons (Fsp3) is 0.385. The first-order valence-corrected chi connectivity index (χ1v) is 6.05. The molecule has 0 aliphatic heterocycles. The van der Waals surface area contributed by atoms with Crippen LogP contribution in [-0.4, -0.2) is 33.0 Å². The Labute approximate surface area is 105 Å². The first-order valence-electron chi connectivity index (χ1n) is 6.05. The number of nitrogens with zero attached hydrogens (tertiary/aromatic N) is 2. The zero-order valence-electron chi connectivity index (χ0n) is 10.3. The molecule has 1 atom stereocenters. The predicted molar refractivity (Wildman–Crippen MR) is 68.2 cm³/mol. The van der Waals surface area contributed by atoms with Crippen LogP contribution in [0.5, 0.6) is 0 Å². The number of amides is 1. The van der Waals surface area contributed by atoms with E-state index in [0.29, 0.717) is 6.42 Å². The van der Waals surface area contributed by atoms with E-state index in [4.69, 9.17) is 5.11 Å². The minimum Gasteiger partial charge on any atom is -0.394 e. The van der Waals surface area contributed by atoms with Gasteiger partial charge in [0.1, 0.15) is 5.65 Å². The number of rotatable bonds is 5. The third-order valence-electron chi connectivity index (χ3n) is 2.83. The lowest BCUT2D eigenvalue weighted by Crippen LogP contribution is -2.37. The molecule has 0 unspecified atom stereocenters. The second-order valence-corrected chi connectivity index (χ2v) is 4.23. The van der Waals surface area contributed by atoms with Gasteiger partial charge in [-0.25, -0.2) is 4.98 Å². The number of fused-ring (bicyclic) bond motifs is 1. The van der Waals surface area contributed by atoms with Crippen LogP contribution in [0.1, 0.15) is 19.0 Å². The highest BCUT2D eigenvalue weighted by Crippen LogP contribution is 2.05. The topological polar surface area (TPSA) is 66.6 Å². The van der Waals surface area contributed by atoms with Gasteiger partial charge in [-0.2, -0.15) is 0 Å². The molecule has 0 saturated heterocycles. The van der Waals surface area contributed by atoms with Crippen LogP contribution in [-0.2, 0) is 11.2 Å². The van der Waals surface area contributed by atoms with E-state index < -0.39 is 0 Å². The molecule has 0 fully saturated rings. The molecule has 96 valence electrons. The molecule has 0 saturated carbocycles. The molecule has 2 heterocycles. The maximum Gasteiger partial charge on any atom is 0.226 e. The summed E-state index contributed by atoms with van der Waals surface area (Å²) in [6.07, 6.45) is 4.69. The van der Waals surface area contributed by atoms with Gasteiger partial charge in [0.05, 0.1) is 24.8 Å². The molecule has 1 amide bonds. The van der Waals surface area contributed by atoms with E-state index in [1.807, 2.05) is 41.9 Å². The molecule has 2 aromatic rings. The highest BCUT2D eigenvalue weighted by Gasteiger charge is 2.11. The van der Waals surface area contributed by atoms with Crippen LogP contribution in [0.4, 0.5) is 0 Å². The molecule has 2 rings (SSSR count). The van der Waals surface area contributed by atoms with Gasteiger partial charge in [0.2, 0.25) is 5.91 Å². The molecule has 0 aliphatic carbocycles. The fourth-order valence-electron chi connectivity index (χ4n) is 1.79. The number of hydrogen-bond acceptors (Lipinski definition) is 3. The number of aromatic nitrogens is 2. The average molecular weight is 247 g/mol. The van der Waals surface area contributed by atoms with Crippen LogP contribution in [0, 0.1) is 0 Å². The monoisotopic (exact) mass is 247 g/mol. The van der Waals surface area contributed by atoms with Crippen molar-refractivity contribution in [3.8, 4) is 0 Å². The minimum absolute atomic E-state index is 0.0343. The van der Waals surface area contributed by atoms with Crippen molar-refractivity contribution in [3.63, 3.8) is 0 Å². The predicted octanol–water partition coefficient (Wildman–Crippen LogP) is 0.764. The smallest absolute Gasteiger partial charge is 0.226 e. The van der Waals surface area contributed by atoms with Crippen molar-refractivity contribution < 1.29 is 9.90 Å². The lowest BCUT2D eigenvalue weighted by molar-refractivity contribution is -0.121. The maximum absolute atomic E-state index is 11.7. The summed E-state index contributed by atoms with van der Waals surface area (Å²) in [5.41, 5.74) is 1.56. The summed E-state index contributed by atoms with van der Waals surface area (Å²) in [5, 5.41) is 11.8. The van der Waals surface area contributed by atoms with E-state index >= 15 is 0 Å². The van der Waals surface area contributed by atoms with Gasteiger partial charge in [-0.3, -0.25) is 4.79 Å². The van der Waals surface area contributed by atoms with Crippen LogP contribution < -0.4 is 5.32 Å². The summed E-state index contributed by atoms with van der Waals surface area (Å²) in [6.45, 7) is 1.89. The van der Waals surface area contributed by atoms with Gasteiger partial charge in [0, 0.05) is 12.4 Å². The number of carbonyl (C=O) groups is 1. The minimum atomic E-state index is -0.172. The molecule has 5 nitrogen and oxygen atoms in total. The van der Waals surface area contributed by atoms with Gasteiger partial charge in [0.15, 0.2) is 0 Å². The molecule has 2 aromatic heterocycles. The van der Waals surface area contributed by atoms with Crippen LogP contribution in [0.2, 0.25) is 0 Å². The molecule has 0 radical (unpaired) electrons. The Morgan fingerprint density at radius 2 is 2.39 bits per heavy atom. The van der Waals surface area contributed by atoms with Crippen molar-refractivity contribution in [3.05, 3.63) is 36.3 Å². The van der Waals surface area contributed by atoms with Gasteiger partial charge in [0.25, 0.3) is 0 Å². The second-order valence-electron chi connectivity index (χ2n) is 4.23. The Morgan fingerprint density at radius 3 is 3.06 bits per heavy atom. The van der Waals surface area contributed by atoms with Crippen LogP contribution in [0.25, 0.3) is 5.65 Å². The Morgan fingerprint density at radius 1 is 1.56 bits per heavy atom. The third kappa shape index (κ3) is 2.87. The average Bonchev–Trinajstić information content (AvgIpc) is 2.77. The summed E-state index contributed by atoms with van der Waals surface area (Å²) < 4.78 is 1.88. The van der Waals surface area contributed by atoms with E-state index in [9.17, 15) is 4.79 Å². The first kappa shape index (κ1) is 12.6. The second kappa shape index (κ2) is 5.64. The third-order valence-corrected chi connectivity index (χ3v) is 2.83. The molecular weight excluding hydrogens is 230 g/mol. The summed E-state index contributed by atoms with van der Waals surface area (Å²) >= 11 is 0. The maximum atomic E-state index is 11.7. The highest BCUT2D eigenvalue weighted by atomic mass is 16.3. The highest BCUT2D eigenvalue weighted by molar-refractivity contribution is 5.78. The van der Waals surface area contributed by atoms with Crippen LogP contribution in [0.3, 0.4) is 0 Å². The summed E-state index contributed by atoms with van der Waals surface area (Å²) in [5.74, 6) is -0.112. The molecule has 0 spiro atoms. The van der Waals surface area contributed by atoms with Crippen molar-refractivity contribution in [1.29, 1.82) is 0 Å². The Balaban J connectivity index is 2.02. The van der Waals surface area contributed by atoms with Crippen LogP contribution in [0.15, 0.2) is 30.6 Å². The summed E-state index contributed by atoms with van der Waals surface area (Å²) in [6, 6.07) is 5.54. The quantitative estimate of drug-likeness (QED) is 0.820. The number of nitrogens with one attached hydrogen (secondary N) is 1. The van der Waals surface area contributed by atoms with E-state index in [1.54, 1.807) is 0 Å². The lowest BCUT2D eigenvalue weighted by Gasteiger charge is -2.13. The van der Waals surface area contributed by atoms with Gasteiger partial charge in [-0.05, 0) is 18.6 Å². The van der Waals surface area contributed by atoms with Gasteiger partial charge < -0.3 is 14.8 Å². The summed E-state index contributed by atoms with van der Waals surface area (Å²) in [7, 11) is 0. The van der Waals surface area contributed by atoms with E-state index in [1.165, 1.54) is 0 Å². The standard InChI is InChI=1S/C13H17N3O2/c1-2-10(9-17)15-13(18)7-11-8-16-6-4-3-5-12(16)14-11/h3-6,8,10,17H,2,7,9H2,1H3,(H,15,18)/t10-/m1/s1. The van der Waals surface area contributed by atoms with E-state index in [-0.39, 0.29) is 25.0 Å². The number of hydrogen-bond donors (Lipinski definition) is 2. The molecule has 5 heteroatoms. The molecule has 0 aliphatic rings. The van der Waals surface area contributed by atoms with Crippen molar-refractivity contribution in [2.45, 2.75) is 25.8 Å². The van der Waals surface area contributed by atoms with Gasteiger partial charge >= 0.3 is 0 Å². The van der Waals surface area contributed by atoms with Gasteiger partial charge in [-0.1, -0.05) is 13.0 Å². The number of aliphatic hydroxyl groups excluding tert-OH is 1. The van der Waals surface area contributed by atoms with Crippen LogP contribution >= 0.6 is 0 Å². The van der Waals surface area contributed by atoms with E-state index in [2.05, 4.69) is 10.3 Å². The Bertz CT molecular complexity index is 499. The Hall–Kier alpha value is -1.88. The van der Waals surface area contributed by atoms with Crippen molar-refractivity contribution in [2.24, 2.45) is 0 Å². The van der Waals surface area contributed by atoms with Gasteiger partial charge in [-0.15, -0.1) is 0 Å². The lowest BCUT2D eigenvalue weighted by atomic mass is 10.2. The Kier molecular flexibility index (Phi) is 3.94. The van der Waals surface area contributed by atoms with Crippen molar-refractivity contribution >= 4 is 11.6 Å². The van der Waals surface area contributed by atoms with Crippen molar-refractivity contribution in [2.75, 3.05) is 6.61 Å². The number of imidazole rings is 1. The molecular formula is C13H17N3O2. The molecule has 2 N–H and O–H groups in total. The summed E-state index contributed by atoms with van der Waals surface area (Å²) in [4.78, 5) is 16.1. The van der Waals surface area contributed by atoms with Crippen molar-refractivity contribution in [1.82, 2.24) is 14.7 Å².